The molecule has 1 saturated heterocycles. The van der Waals surface area contributed by atoms with Crippen LogP contribution in [0.4, 0.5) is 0 Å². The van der Waals surface area contributed by atoms with E-state index in [4.69, 9.17) is 4.74 Å². The van der Waals surface area contributed by atoms with Crippen molar-refractivity contribution in [3.05, 3.63) is 54.1 Å². The minimum absolute atomic E-state index is 0.125. The molecule has 9 nitrogen and oxygen atoms in total. The van der Waals surface area contributed by atoms with E-state index in [0.717, 1.165) is 24.8 Å². The third-order valence-corrected chi connectivity index (χ3v) is 9.36. The molecule has 3 rings (SSSR count). The smallest absolute Gasteiger partial charge is 0.258 e. The first-order valence-electron chi connectivity index (χ1n) is 11.7. The van der Waals surface area contributed by atoms with E-state index < -0.39 is 20.0 Å². The van der Waals surface area contributed by atoms with Crippen LogP contribution in [0.1, 0.15) is 45.1 Å². The summed E-state index contributed by atoms with van der Waals surface area (Å²) in [5, 5.41) is 2.72. The summed E-state index contributed by atoms with van der Waals surface area (Å²) in [5.41, 5.74) is 0.763. The number of sulfonamides is 2. The fraction of sp³-hybridized carbons (Fsp3) is 0.458. The third kappa shape index (κ3) is 7.50. The Morgan fingerprint density at radius 2 is 1.54 bits per heavy atom. The minimum atomic E-state index is -3.60. The van der Waals surface area contributed by atoms with Crippen molar-refractivity contribution >= 4 is 26.0 Å². The average molecular weight is 524 g/mol. The molecule has 1 heterocycles. The molecule has 0 aliphatic carbocycles. The lowest BCUT2D eigenvalue weighted by atomic mass is 10.2. The summed E-state index contributed by atoms with van der Waals surface area (Å²) >= 11 is 0. The van der Waals surface area contributed by atoms with Gasteiger partial charge in [0, 0.05) is 25.7 Å². The summed E-state index contributed by atoms with van der Waals surface area (Å²) < 4.78 is 59.6. The molecule has 0 saturated carbocycles. The molecule has 35 heavy (non-hydrogen) atoms. The van der Waals surface area contributed by atoms with Gasteiger partial charge in [-0.25, -0.2) is 21.6 Å². The summed E-state index contributed by atoms with van der Waals surface area (Å²) in [6, 6.07) is 12.2. The predicted molar refractivity (Wildman–Crippen MR) is 133 cm³/mol. The monoisotopic (exact) mass is 523 g/mol. The number of carbonyl (C=O) groups excluding carboxylic acids is 1. The standard InChI is InChI=1S/C24H33N3O6S2/c1-3-19(2)26-34(29,30)22-13-9-21(10-14-22)33-18-24(28)25-17-20-7-11-23(12-8-20)35(31,32)27-15-5-4-6-16-27/h7-14,19,26H,3-6,15-18H2,1-2H3,(H,25,28)/t19-/m1/s1. The zero-order valence-electron chi connectivity index (χ0n) is 20.1. The first kappa shape index (κ1) is 27.1. The van der Waals surface area contributed by atoms with E-state index in [-0.39, 0.29) is 34.9 Å². The molecule has 2 aromatic rings. The number of benzene rings is 2. The summed E-state index contributed by atoms with van der Waals surface area (Å²) in [6.45, 7) is 4.77. The van der Waals surface area contributed by atoms with Crippen LogP contribution >= 0.6 is 0 Å². The molecule has 2 aromatic carbocycles. The number of hydrogen-bond acceptors (Lipinski definition) is 6. The van der Waals surface area contributed by atoms with Gasteiger partial charge in [0.1, 0.15) is 5.75 Å². The fourth-order valence-corrected chi connectivity index (χ4v) is 6.41. The van der Waals surface area contributed by atoms with E-state index in [2.05, 4.69) is 10.0 Å². The van der Waals surface area contributed by atoms with Crippen LogP contribution in [0.2, 0.25) is 0 Å². The first-order chi connectivity index (χ1) is 16.6. The lowest BCUT2D eigenvalue weighted by Crippen LogP contribution is -2.35. The number of carbonyl (C=O) groups is 1. The van der Waals surface area contributed by atoms with Gasteiger partial charge >= 0.3 is 0 Å². The highest BCUT2D eigenvalue weighted by Crippen LogP contribution is 2.21. The van der Waals surface area contributed by atoms with Gasteiger partial charge in [-0.15, -0.1) is 0 Å². The quantitative estimate of drug-likeness (QED) is 0.467. The SMILES string of the molecule is CC[C@@H](C)NS(=O)(=O)c1ccc(OCC(=O)NCc2ccc(S(=O)(=O)N3CCCCC3)cc2)cc1. The van der Waals surface area contributed by atoms with Crippen LogP contribution in [0.25, 0.3) is 0 Å². The summed E-state index contributed by atoms with van der Waals surface area (Å²) in [4.78, 5) is 12.5. The number of amides is 1. The molecule has 1 atom stereocenters. The van der Waals surface area contributed by atoms with E-state index in [9.17, 15) is 21.6 Å². The first-order valence-corrected chi connectivity index (χ1v) is 14.6. The van der Waals surface area contributed by atoms with Crippen molar-refractivity contribution in [1.82, 2.24) is 14.3 Å². The number of hydrogen-bond donors (Lipinski definition) is 2. The van der Waals surface area contributed by atoms with Gasteiger partial charge in [0.25, 0.3) is 5.91 Å². The largest absolute Gasteiger partial charge is 0.484 e. The maximum Gasteiger partial charge on any atom is 0.258 e. The lowest BCUT2D eigenvalue weighted by Gasteiger charge is -2.25. The normalized spacial score (nSPS) is 15.9. The molecule has 0 aromatic heterocycles. The lowest BCUT2D eigenvalue weighted by molar-refractivity contribution is -0.123. The van der Waals surface area contributed by atoms with Crippen LogP contribution in [0, 0.1) is 0 Å². The topological polar surface area (TPSA) is 122 Å². The van der Waals surface area contributed by atoms with Gasteiger partial charge < -0.3 is 10.1 Å². The molecule has 0 spiro atoms. The zero-order chi connectivity index (χ0) is 25.5. The highest BCUT2D eigenvalue weighted by molar-refractivity contribution is 7.89. The second kappa shape index (κ2) is 12.0. The van der Waals surface area contributed by atoms with Gasteiger partial charge in [-0.2, -0.15) is 4.31 Å². The highest BCUT2D eigenvalue weighted by atomic mass is 32.2. The molecule has 0 bridgehead atoms. The van der Waals surface area contributed by atoms with Gasteiger partial charge in [0.2, 0.25) is 20.0 Å². The maximum absolute atomic E-state index is 12.7. The van der Waals surface area contributed by atoms with Gasteiger partial charge in [-0.1, -0.05) is 25.5 Å². The van der Waals surface area contributed by atoms with Crippen molar-refractivity contribution in [2.75, 3.05) is 19.7 Å². The Morgan fingerprint density at radius 1 is 0.943 bits per heavy atom. The molecule has 1 aliphatic heterocycles. The summed E-state index contributed by atoms with van der Waals surface area (Å²) in [7, 11) is -7.09. The second-order valence-electron chi connectivity index (χ2n) is 8.58. The van der Waals surface area contributed by atoms with E-state index >= 15 is 0 Å². The Hall–Kier alpha value is -2.47. The van der Waals surface area contributed by atoms with Crippen LogP contribution < -0.4 is 14.8 Å². The predicted octanol–water partition coefficient (Wildman–Crippen LogP) is 2.63. The Balaban J connectivity index is 1.47. The van der Waals surface area contributed by atoms with E-state index in [1.807, 2.05) is 6.92 Å². The van der Waals surface area contributed by atoms with Crippen molar-refractivity contribution in [2.24, 2.45) is 0 Å². The van der Waals surface area contributed by atoms with E-state index in [1.165, 1.54) is 28.6 Å². The van der Waals surface area contributed by atoms with Crippen molar-refractivity contribution in [3.8, 4) is 5.75 Å². The molecule has 0 radical (unpaired) electrons. The second-order valence-corrected chi connectivity index (χ2v) is 12.2. The van der Waals surface area contributed by atoms with Gasteiger partial charge in [0.15, 0.2) is 6.61 Å². The Labute approximate surface area is 208 Å². The molecule has 1 amide bonds. The number of ether oxygens (including phenoxy) is 1. The van der Waals surface area contributed by atoms with Crippen LogP contribution in [-0.4, -0.2) is 52.8 Å². The van der Waals surface area contributed by atoms with Crippen LogP contribution in [-0.2, 0) is 31.4 Å². The van der Waals surface area contributed by atoms with E-state index in [0.29, 0.717) is 25.3 Å². The number of piperidine rings is 1. The van der Waals surface area contributed by atoms with Crippen molar-refractivity contribution < 1.29 is 26.4 Å². The summed E-state index contributed by atoms with van der Waals surface area (Å²) in [5.74, 6) is 0.0139. The number of nitrogens with one attached hydrogen (secondary N) is 2. The van der Waals surface area contributed by atoms with E-state index in [1.54, 1.807) is 31.2 Å². The number of nitrogens with zero attached hydrogens (tertiary/aromatic N) is 1. The average Bonchev–Trinajstić information content (AvgIpc) is 2.87. The third-order valence-electron chi connectivity index (χ3n) is 5.84. The summed E-state index contributed by atoms with van der Waals surface area (Å²) in [6.07, 6.45) is 3.49. The minimum Gasteiger partial charge on any atom is -0.484 e. The number of rotatable bonds is 11. The molecule has 1 fully saturated rings. The molecule has 11 heteroatoms. The molecular weight excluding hydrogens is 490 g/mol. The van der Waals surface area contributed by atoms with Crippen molar-refractivity contribution in [3.63, 3.8) is 0 Å². The Morgan fingerprint density at radius 3 is 2.14 bits per heavy atom. The van der Waals surface area contributed by atoms with Crippen molar-refractivity contribution in [1.29, 1.82) is 0 Å². The fourth-order valence-electron chi connectivity index (χ4n) is 3.57. The molecule has 0 unspecified atom stereocenters. The molecular formula is C24H33N3O6S2. The van der Waals surface area contributed by atoms with Crippen LogP contribution in [0.3, 0.4) is 0 Å². The van der Waals surface area contributed by atoms with Gasteiger partial charge in [-0.05, 0) is 68.1 Å². The molecule has 192 valence electrons. The Bertz CT molecular complexity index is 1190. The zero-order valence-corrected chi connectivity index (χ0v) is 21.7. The Kier molecular flexibility index (Phi) is 9.28. The van der Waals surface area contributed by atoms with Crippen LogP contribution in [0.15, 0.2) is 58.3 Å². The maximum atomic E-state index is 12.7. The van der Waals surface area contributed by atoms with Crippen LogP contribution in [0.5, 0.6) is 5.75 Å². The van der Waals surface area contributed by atoms with Gasteiger partial charge in [0.05, 0.1) is 9.79 Å². The molecule has 1 aliphatic rings. The van der Waals surface area contributed by atoms with Gasteiger partial charge in [-0.3, -0.25) is 4.79 Å². The molecule has 2 N–H and O–H groups in total. The van der Waals surface area contributed by atoms with Crippen molar-refractivity contribution in [2.45, 2.75) is 61.9 Å². The highest BCUT2D eigenvalue weighted by Gasteiger charge is 2.25.